The second kappa shape index (κ2) is 2.94. The summed E-state index contributed by atoms with van der Waals surface area (Å²) in [5, 5.41) is 8.67. The maximum absolute atomic E-state index is 11.4. The summed E-state index contributed by atoms with van der Waals surface area (Å²) in [5.41, 5.74) is 0.111. The summed E-state index contributed by atoms with van der Waals surface area (Å²) in [7, 11) is 0. The van der Waals surface area contributed by atoms with Gasteiger partial charge in [-0.15, -0.1) is 0 Å². The van der Waals surface area contributed by atoms with Gasteiger partial charge in [-0.25, -0.2) is 4.79 Å². The van der Waals surface area contributed by atoms with Crippen molar-refractivity contribution in [3.8, 4) is 0 Å². The molecular formula is C11H10O3. The van der Waals surface area contributed by atoms with E-state index in [4.69, 9.17) is 5.11 Å². The van der Waals surface area contributed by atoms with Crippen molar-refractivity contribution >= 4 is 11.8 Å². The molecular weight excluding hydrogens is 180 g/mol. The lowest BCUT2D eigenvalue weighted by molar-refractivity contribution is -0.150. The molecule has 1 saturated carbocycles. The van der Waals surface area contributed by atoms with E-state index >= 15 is 0 Å². The molecule has 0 bridgehead atoms. The van der Waals surface area contributed by atoms with Crippen molar-refractivity contribution in [1.82, 2.24) is 0 Å². The van der Waals surface area contributed by atoms with Gasteiger partial charge in [0.15, 0.2) is 0 Å². The molecule has 0 saturated heterocycles. The first-order chi connectivity index (χ1) is 6.67. The minimum absolute atomic E-state index is 0.655. The number of aliphatic carboxylic acids is 1. The van der Waals surface area contributed by atoms with Crippen molar-refractivity contribution in [1.29, 1.82) is 0 Å². The number of Topliss-reactive ketones (excluding diaryl/α,β-unsaturated/α-hetero) is 1. The van der Waals surface area contributed by atoms with Crippen LogP contribution >= 0.6 is 0 Å². The van der Waals surface area contributed by atoms with Gasteiger partial charge in [-0.1, -0.05) is 30.3 Å². The molecule has 0 atom stereocenters. The average molecular weight is 190 g/mol. The first-order valence-electron chi connectivity index (χ1n) is 4.50. The van der Waals surface area contributed by atoms with Gasteiger partial charge in [0.1, 0.15) is 0 Å². The summed E-state index contributed by atoms with van der Waals surface area (Å²) in [6.45, 7) is 0. The standard InChI is InChI=1S/C11H10O3/c12-9(10(13)14)11(6-7-11)8-4-2-1-3-5-8/h1-5H,6-7H2,(H,13,14). The Morgan fingerprint density at radius 3 is 2.14 bits per heavy atom. The van der Waals surface area contributed by atoms with Crippen LogP contribution in [0.25, 0.3) is 0 Å². The van der Waals surface area contributed by atoms with E-state index in [1.807, 2.05) is 30.3 Å². The fraction of sp³-hybridized carbons (Fsp3) is 0.273. The summed E-state index contributed by atoms with van der Waals surface area (Å²) >= 11 is 0. The van der Waals surface area contributed by atoms with Crippen molar-refractivity contribution in [2.24, 2.45) is 0 Å². The predicted molar refractivity (Wildman–Crippen MR) is 50.0 cm³/mol. The molecule has 1 aliphatic carbocycles. The van der Waals surface area contributed by atoms with E-state index in [-0.39, 0.29) is 0 Å². The van der Waals surface area contributed by atoms with Gasteiger partial charge in [-0.2, -0.15) is 0 Å². The topological polar surface area (TPSA) is 54.4 Å². The SMILES string of the molecule is O=C(O)C(=O)C1(c2ccccc2)CC1. The molecule has 3 nitrogen and oxygen atoms in total. The number of carboxylic acids is 1. The Bertz CT molecular complexity index is 377. The van der Waals surface area contributed by atoms with Crippen LogP contribution in [0.5, 0.6) is 0 Å². The van der Waals surface area contributed by atoms with Crippen LogP contribution in [0, 0.1) is 0 Å². The number of carbonyl (C=O) groups excluding carboxylic acids is 1. The van der Waals surface area contributed by atoms with E-state index in [2.05, 4.69) is 0 Å². The molecule has 0 aromatic heterocycles. The van der Waals surface area contributed by atoms with Gasteiger partial charge in [0.25, 0.3) is 0 Å². The number of hydrogen-bond donors (Lipinski definition) is 1. The molecule has 0 aliphatic heterocycles. The molecule has 3 heteroatoms. The zero-order chi connectivity index (χ0) is 10.2. The second-order valence-corrected chi connectivity index (χ2v) is 3.58. The van der Waals surface area contributed by atoms with E-state index in [1.165, 1.54) is 0 Å². The van der Waals surface area contributed by atoms with E-state index in [0.29, 0.717) is 12.8 Å². The number of benzene rings is 1. The molecule has 0 heterocycles. The van der Waals surface area contributed by atoms with Crippen LogP contribution in [0.2, 0.25) is 0 Å². The molecule has 14 heavy (non-hydrogen) atoms. The summed E-state index contributed by atoms with van der Waals surface area (Å²) in [6.07, 6.45) is 1.31. The lowest BCUT2D eigenvalue weighted by atomic mass is 9.91. The van der Waals surface area contributed by atoms with E-state index < -0.39 is 17.2 Å². The normalized spacial score (nSPS) is 17.4. The third-order valence-corrected chi connectivity index (χ3v) is 2.71. The zero-order valence-corrected chi connectivity index (χ0v) is 7.56. The molecule has 1 aromatic rings. The quantitative estimate of drug-likeness (QED) is 0.732. The van der Waals surface area contributed by atoms with E-state index in [1.54, 1.807) is 0 Å². The first-order valence-corrected chi connectivity index (χ1v) is 4.50. The lowest BCUT2D eigenvalue weighted by Crippen LogP contribution is -2.28. The Labute approximate surface area is 81.4 Å². The first kappa shape index (κ1) is 8.94. The molecule has 1 aromatic carbocycles. The Hall–Kier alpha value is -1.64. The monoisotopic (exact) mass is 190 g/mol. The Balaban J connectivity index is 2.35. The minimum atomic E-state index is -1.33. The Morgan fingerprint density at radius 1 is 1.14 bits per heavy atom. The van der Waals surface area contributed by atoms with Crippen molar-refractivity contribution in [2.45, 2.75) is 18.3 Å². The largest absolute Gasteiger partial charge is 0.475 e. The number of rotatable bonds is 3. The highest BCUT2D eigenvalue weighted by atomic mass is 16.4. The summed E-state index contributed by atoms with van der Waals surface area (Å²) < 4.78 is 0. The highest BCUT2D eigenvalue weighted by Gasteiger charge is 2.53. The average Bonchev–Trinajstić information content (AvgIpc) is 2.99. The zero-order valence-electron chi connectivity index (χ0n) is 7.56. The van der Waals surface area contributed by atoms with Gasteiger partial charge in [-0.05, 0) is 18.4 Å². The van der Waals surface area contributed by atoms with E-state index in [0.717, 1.165) is 5.56 Å². The van der Waals surface area contributed by atoms with Gasteiger partial charge in [-0.3, -0.25) is 4.79 Å². The Kier molecular flexibility index (Phi) is 1.88. The van der Waals surface area contributed by atoms with Crippen molar-refractivity contribution < 1.29 is 14.7 Å². The third-order valence-electron chi connectivity index (χ3n) is 2.71. The van der Waals surface area contributed by atoms with Crippen molar-refractivity contribution in [2.75, 3.05) is 0 Å². The van der Waals surface area contributed by atoms with Gasteiger partial charge in [0.05, 0.1) is 5.41 Å². The maximum Gasteiger partial charge on any atom is 0.373 e. The lowest BCUT2D eigenvalue weighted by Gasteiger charge is -2.10. The van der Waals surface area contributed by atoms with Crippen molar-refractivity contribution in [3.05, 3.63) is 35.9 Å². The fourth-order valence-electron chi connectivity index (χ4n) is 1.73. The number of ketones is 1. The summed E-state index contributed by atoms with van der Waals surface area (Å²) in [5.74, 6) is -2.00. The van der Waals surface area contributed by atoms with Crippen LogP contribution in [0.3, 0.4) is 0 Å². The van der Waals surface area contributed by atoms with Crippen LogP contribution in [0.4, 0.5) is 0 Å². The molecule has 1 aliphatic rings. The summed E-state index contributed by atoms with van der Waals surface area (Å²) in [6, 6.07) is 9.13. The number of carbonyl (C=O) groups is 2. The van der Waals surface area contributed by atoms with Crippen LogP contribution in [-0.2, 0) is 15.0 Å². The van der Waals surface area contributed by atoms with Gasteiger partial charge < -0.3 is 5.11 Å². The molecule has 0 radical (unpaired) electrons. The Morgan fingerprint density at radius 2 is 1.71 bits per heavy atom. The molecule has 0 unspecified atom stereocenters. The fourth-order valence-corrected chi connectivity index (χ4v) is 1.73. The molecule has 2 rings (SSSR count). The predicted octanol–water partition coefficient (Wildman–Crippen LogP) is 1.37. The molecule has 1 fully saturated rings. The molecule has 1 N–H and O–H groups in total. The van der Waals surface area contributed by atoms with Gasteiger partial charge in [0, 0.05) is 0 Å². The third kappa shape index (κ3) is 1.21. The number of carboxylic acid groups (broad SMARTS) is 1. The van der Waals surface area contributed by atoms with Crippen LogP contribution in [0.1, 0.15) is 18.4 Å². The molecule has 0 spiro atoms. The minimum Gasteiger partial charge on any atom is -0.475 e. The van der Waals surface area contributed by atoms with Gasteiger partial charge >= 0.3 is 5.97 Å². The smallest absolute Gasteiger partial charge is 0.373 e. The van der Waals surface area contributed by atoms with Crippen LogP contribution in [0.15, 0.2) is 30.3 Å². The second-order valence-electron chi connectivity index (χ2n) is 3.58. The van der Waals surface area contributed by atoms with Gasteiger partial charge in [0.2, 0.25) is 5.78 Å². The summed E-state index contributed by atoms with van der Waals surface area (Å²) in [4.78, 5) is 22.0. The van der Waals surface area contributed by atoms with Crippen LogP contribution in [-0.4, -0.2) is 16.9 Å². The highest BCUT2D eigenvalue weighted by Crippen LogP contribution is 2.48. The molecule has 72 valence electrons. The number of hydrogen-bond acceptors (Lipinski definition) is 2. The molecule has 0 amide bonds. The maximum atomic E-state index is 11.4. The highest BCUT2D eigenvalue weighted by molar-refractivity contribution is 6.37. The van der Waals surface area contributed by atoms with Crippen LogP contribution < -0.4 is 0 Å². The van der Waals surface area contributed by atoms with E-state index in [9.17, 15) is 9.59 Å². The van der Waals surface area contributed by atoms with Crippen molar-refractivity contribution in [3.63, 3.8) is 0 Å².